The predicted molar refractivity (Wildman–Crippen MR) is 125 cm³/mol. The second kappa shape index (κ2) is 9.63. The molecule has 3 unspecified atom stereocenters. The summed E-state index contributed by atoms with van der Waals surface area (Å²) >= 11 is 13.1. The van der Waals surface area contributed by atoms with Crippen LogP contribution in [0.25, 0.3) is 10.9 Å². The fourth-order valence-electron chi connectivity index (χ4n) is 4.55. The number of aliphatic hydroxyl groups excluding tert-OH is 2. The lowest BCUT2D eigenvalue weighted by Crippen LogP contribution is -2.47. The fraction of sp³-hybridized carbons (Fsp3) is 0.375. The molecule has 1 aliphatic heterocycles. The van der Waals surface area contributed by atoms with Crippen LogP contribution in [-0.4, -0.2) is 49.9 Å². The van der Waals surface area contributed by atoms with Gasteiger partial charge in [-0.25, -0.2) is 0 Å². The number of aliphatic carboxylic acids is 1. The number of fused-ring (bicyclic) bond motifs is 1. The van der Waals surface area contributed by atoms with E-state index in [1.54, 1.807) is 34.7 Å². The van der Waals surface area contributed by atoms with Gasteiger partial charge in [0.1, 0.15) is 6.23 Å². The Balaban J connectivity index is 1.63. The summed E-state index contributed by atoms with van der Waals surface area (Å²) in [5.74, 6) is -1.99. The minimum Gasteiger partial charge on any atom is -0.481 e. The van der Waals surface area contributed by atoms with Gasteiger partial charge in [0, 0.05) is 48.4 Å². The third-order valence-corrected chi connectivity index (χ3v) is 7.40. The number of piperidine rings is 1. The second-order valence-electron chi connectivity index (χ2n) is 8.74. The molecule has 1 saturated heterocycles. The van der Waals surface area contributed by atoms with Crippen molar-refractivity contribution in [1.82, 2.24) is 9.47 Å². The van der Waals surface area contributed by atoms with E-state index in [9.17, 15) is 33.3 Å². The average molecular weight is 531 g/mol. The van der Waals surface area contributed by atoms with Crippen LogP contribution >= 0.6 is 23.2 Å². The Bertz CT molecular complexity index is 1280. The Morgan fingerprint density at radius 2 is 1.91 bits per heavy atom. The molecule has 188 valence electrons. The monoisotopic (exact) mass is 530 g/mol. The van der Waals surface area contributed by atoms with Gasteiger partial charge in [0.05, 0.1) is 22.6 Å². The van der Waals surface area contributed by atoms with E-state index in [-0.39, 0.29) is 31.0 Å². The van der Waals surface area contributed by atoms with Crippen molar-refractivity contribution in [3.63, 3.8) is 0 Å². The highest BCUT2D eigenvalue weighted by atomic mass is 35.5. The number of alkyl halides is 3. The standard InChI is InChI=1S/C24H23Cl2F3N2O4/c1-30-14(8-12-2-3-13(9-19(12)30)24(27,28)29)10-17-18(25)5-4-16(21(17)26)22(33)31-7-6-15(23(34)35)20(32)11-31/h2-5,8-9,15,20,22,32-33H,6-7,10-11H2,1H3,(H,34,35). The van der Waals surface area contributed by atoms with Gasteiger partial charge >= 0.3 is 12.1 Å². The Morgan fingerprint density at radius 1 is 1.20 bits per heavy atom. The minimum atomic E-state index is -4.46. The molecule has 6 nitrogen and oxygen atoms in total. The smallest absolute Gasteiger partial charge is 0.416 e. The molecule has 0 spiro atoms. The number of carbonyl (C=O) groups is 1. The highest BCUT2D eigenvalue weighted by Gasteiger charge is 2.36. The molecule has 2 aromatic carbocycles. The van der Waals surface area contributed by atoms with Gasteiger partial charge in [-0.2, -0.15) is 13.2 Å². The molecule has 0 saturated carbocycles. The van der Waals surface area contributed by atoms with E-state index < -0.39 is 36.0 Å². The van der Waals surface area contributed by atoms with E-state index in [4.69, 9.17) is 23.2 Å². The van der Waals surface area contributed by atoms with Crippen molar-refractivity contribution in [1.29, 1.82) is 0 Å². The van der Waals surface area contributed by atoms with Gasteiger partial charge in [-0.15, -0.1) is 0 Å². The lowest BCUT2D eigenvalue weighted by atomic mass is 9.93. The molecule has 3 aromatic rings. The zero-order valence-electron chi connectivity index (χ0n) is 18.6. The molecule has 0 radical (unpaired) electrons. The molecule has 1 aromatic heterocycles. The van der Waals surface area contributed by atoms with Crippen LogP contribution in [0.2, 0.25) is 10.0 Å². The number of aromatic nitrogens is 1. The largest absolute Gasteiger partial charge is 0.481 e. The predicted octanol–water partition coefficient (Wildman–Crippen LogP) is 4.85. The van der Waals surface area contributed by atoms with Crippen molar-refractivity contribution in [2.75, 3.05) is 13.1 Å². The van der Waals surface area contributed by atoms with Gasteiger partial charge in [-0.05, 0) is 41.6 Å². The van der Waals surface area contributed by atoms with Crippen LogP contribution in [-0.2, 0) is 24.4 Å². The first-order valence-corrected chi connectivity index (χ1v) is 11.6. The van der Waals surface area contributed by atoms with Crippen molar-refractivity contribution in [2.24, 2.45) is 13.0 Å². The maximum atomic E-state index is 13.1. The van der Waals surface area contributed by atoms with Crippen molar-refractivity contribution < 1.29 is 33.3 Å². The first-order valence-electron chi connectivity index (χ1n) is 10.8. The number of hydrogen-bond acceptors (Lipinski definition) is 4. The fourth-order valence-corrected chi connectivity index (χ4v) is 5.16. The molecule has 35 heavy (non-hydrogen) atoms. The van der Waals surface area contributed by atoms with Crippen LogP contribution in [0.5, 0.6) is 0 Å². The zero-order valence-corrected chi connectivity index (χ0v) is 20.1. The van der Waals surface area contributed by atoms with Crippen molar-refractivity contribution in [2.45, 2.75) is 31.3 Å². The molecule has 0 amide bonds. The second-order valence-corrected chi connectivity index (χ2v) is 9.53. The Kier molecular flexibility index (Phi) is 7.09. The van der Waals surface area contributed by atoms with Crippen molar-refractivity contribution in [3.8, 4) is 0 Å². The molecule has 3 N–H and O–H groups in total. The molecule has 0 bridgehead atoms. The van der Waals surface area contributed by atoms with Crippen LogP contribution < -0.4 is 0 Å². The third kappa shape index (κ3) is 5.01. The third-order valence-electron chi connectivity index (χ3n) is 6.60. The highest BCUT2D eigenvalue weighted by molar-refractivity contribution is 6.36. The van der Waals surface area contributed by atoms with E-state index in [1.807, 2.05) is 0 Å². The van der Waals surface area contributed by atoms with Crippen LogP contribution in [0.4, 0.5) is 13.2 Å². The van der Waals surface area contributed by atoms with Gasteiger partial charge in [-0.3, -0.25) is 9.69 Å². The lowest BCUT2D eigenvalue weighted by molar-refractivity contribution is -0.151. The zero-order chi connectivity index (χ0) is 25.7. The number of β-amino-alcohol motifs (C(OH)–C–C–N with tert-alkyl or cyclic N) is 1. The van der Waals surface area contributed by atoms with Crippen LogP contribution in [0.15, 0.2) is 36.4 Å². The van der Waals surface area contributed by atoms with Crippen LogP contribution in [0, 0.1) is 5.92 Å². The van der Waals surface area contributed by atoms with E-state index in [0.29, 0.717) is 32.7 Å². The maximum absolute atomic E-state index is 13.1. The molecule has 0 aliphatic carbocycles. The highest BCUT2D eigenvalue weighted by Crippen LogP contribution is 2.37. The Hall–Kier alpha value is -2.30. The molecule has 1 fully saturated rings. The summed E-state index contributed by atoms with van der Waals surface area (Å²) in [5.41, 5.74) is 1.17. The van der Waals surface area contributed by atoms with E-state index in [2.05, 4.69) is 0 Å². The lowest BCUT2D eigenvalue weighted by Gasteiger charge is -2.37. The SMILES string of the molecule is Cn1c(Cc2c(Cl)ccc(C(O)N3CCC(C(=O)O)C(O)C3)c2Cl)cc2ccc(C(F)(F)F)cc21. The summed E-state index contributed by atoms with van der Waals surface area (Å²) in [6.45, 7) is 0.200. The quantitative estimate of drug-likeness (QED) is 0.438. The van der Waals surface area contributed by atoms with E-state index in [1.165, 1.54) is 6.07 Å². The molecule has 2 heterocycles. The van der Waals surface area contributed by atoms with E-state index in [0.717, 1.165) is 12.1 Å². The number of benzene rings is 2. The van der Waals surface area contributed by atoms with Crippen LogP contribution in [0.3, 0.4) is 0 Å². The van der Waals surface area contributed by atoms with Gasteiger partial charge < -0.3 is 19.9 Å². The summed E-state index contributed by atoms with van der Waals surface area (Å²) in [5, 5.41) is 31.5. The number of likely N-dealkylation sites (tertiary alicyclic amines) is 1. The van der Waals surface area contributed by atoms with Crippen LogP contribution in [0.1, 0.15) is 35.0 Å². The minimum absolute atomic E-state index is 0.0445. The Labute approximate surface area is 209 Å². The Morgan fingerprint density at radius 3 is 2.54 bits per heavy atom. The normalized spacial score (nSPS) is 20.3. The number of aliphatic hydroxyl groups is 2. The van der Waals surface area contributed by atoms with Gasteiger partial charge in [-0.1, -0.05) is 35.3 Å². The summed E-state index contributed by atoms with van der Waals surface area (Å²) < 4.78 is 41.1. The molecular formula is C24H23Cl2F3N2O4. The van der Waals surface area contributed by atoms with Crippen molar-refractivity contribution in [3.05, 3.63) is 68.8 Å². The molecule has 1 aliphatic rings. The molecule has 4 rings (SSSR count). The number of hydrogen-bond donors (Lipinski definition) is 3. The maximum Gasteiger partial charge on any atom is 0.416 e. The van der Waals surface area contributed by atoms with Gasteiger partial charge in [0.2, 0.25) is 0 Å². The number of nitrogens with zero attached hydrogens (tertiary/aromatic N) is 2. The summed E-state index contributed by atoms with van der Waals surface area (Å²) in [6, 6.07) is 8.44. The topological polar surface area (TPSA) is 85.9 Å². The first-order chi connectivity index (χ1) is 16.4. The molecule has 11 heteroatoms. The van der Waals surface area contributed by atoms with Gasteiger partial charge in [0.25, 0.3) is 0 Å². The first kappa shape index (κ1) is 25.8. The van der Waals surface area contributed by atoms with E-state index >= 15 is 0 Å². The average Bonchev–Trinajstić information content (AvgIpc) is 3.10. The summed E-state index contributed by atoms with van der Waals surface area (Å²) in [7, 11) is 1.66. The number of rotatable bonds is 5. The number of carboxylic acids is 1. The molecular weight excluding hydrogens is 508 g/mol. The van der Waals surface area contributed by atoms with Crippen molar-refractivity contribution >= 4 is 40.1 Å². The number of carboxylic acid groups (broad SMARTS) is 1. The molecule has 3 atom stereocenters. The summed E-state index contributed by atoms with van der Waals surface area (Å²) in [6.07, 6.45) is -6.43. The summed E-state index contributed by atoms with van der Waals surface area (Å²) in [4.78, 5) is 12.8. The number of aryl methyl sites for hydroxylation is 1. The van der Waals surface area contributed by atoms with Gasteiger partial charge in [0.15, 0.2) is 0 Å². The number of halogens is 5.